The highest BCUT2D eigenvalue weighted by molar-refractivity contribution is 6.31. The first-order chi connectivity index (χ1) is 12.5. The van der Waals surface area contributed by atoms with Crippen molar-refractivity contribution in [3.05, 3.63) is 88.2 Å². The first kappa shape index (κ1) is 18.0. The van der Waals surface area contributed by atoms with E-state index in [1.165, 1.54) is 11.1 Å². The minimum atomic E-state index is -0.193. The molecule has 0 saturated heterocycles. The summed E-state index contributed by atoms with van der Waals surface area (Å²) in [6.45, 7) is 4.51. The smallest absolute Gasteiger partial charge is 0.253 e. The second-order valence-electron chi connectivity index (χ2n) is 6.16. The van der Waals surface area contributed by atoms with Crippen LogP contribution in [-0.4, -0.2) is 10.9 Å². The molecule has 26 heavy (non-hydrogen) atoms. The zero-order valence-corrected chi connectivity index (χ0v) is 15.5. The number of anilines is 2. The van der Waals surface area contributed by atoms with Crippen LogP contribution in [0.1, 0.15) is 27.0 Å². The number of aromatic nitrogens is 1. The largest absolute Gasteiger partial charge is 0.354 e. The van der Waals surface area contributed by atoms with Crippen molar-refractivity contribution in [2.75, 3.05) is 5.32 Å². The van der Waals surface area contributed by atoms with E-state index in [1.54, 1.807) is 24.5 Å². The molecule has 0 unspecified atom stereocenters. The third-order valence-electron chi connectivity index (χ3n) is 4.19. The summed E-state index contributed by atoms with van der Waals surface area (Å²) in [5, 5.41) is 6.79. The summed E-state index contributed by atoms with van der Waals surface area (Å²) < 4.78 is 0. The van der Waals surface area contributed by atoms with E-state index in [4.69, 9.17) is 11.6 Å². The van der Waals surface area contributed by atoms with E-state index in [2.05, 4.69) is 41.6 Å². The average molecular weight is 366 g/mol. The predicted octanol–water partition coefficient (Wildman–Crippen LogP) is 5.03. The predicted molar refractivity (Wildman–Crippen MR) is 106 cm³/mol. The van der Waals surface area contributed by atoms with Gasteiger partial charge in [-0.3, -0.25) is 9.78 Å². The minimum Gasteiger partial charge on any atom is -0.354 e. The van der Waals surface area contributed by atoms with Crippen molar-refractivity contribution in [2.45, 2.75) is 20.4 Å². The van der Waals surface area contributed by atoms with Crippen LogP contribution in [0.3, 0.4) is 0 Å². The first-order valence-electron chi connectivity index (χ1n) is 8.34. The Labute approximate surface area is 158 Å². The van der Waals surface area contributed by atoms with Gasteiger partial charge in [-0.25, -0.2) is 0 Å². The van der Waals surface area contributed by atoms with Crippen LogP contribution in [0.4, 0.5) is 11.4 Å². The van der Waals surface area contributed by atoms with Gasteiger partial charge in [-0.1, -0.05) is 35.9 Å². The number of hydrogen-bond acceptors (Lipinski definition) is 3. The van der Waals surface area contributed by atoms with Crippen molar-refractivity contribution in [1.82, 2.24) is 10.3 Å². The maximum absolute atomic E-state index is 12.4. The lowest BCUT2D eigenvalue weighted by atomic mass is 10.1. The molecule has 0 aliphatic heterocycles. The third-order valence-corrected chi connectivity index (χ3v) is 4.56. The van der Waals surface area contributed by atoms with Gasteiger partial charge in [-0.2, -0.15) is 0 Å². The fourth-order valence-electron chi connectivity index (χ4n) is 2.54. The summed E-state index contributed by atoms with van der Waals surface area (Å²) in [5.41, 5.74) is 5.53. The molecule has 2 aromatic carbocycles. The molecule has 1 aromatic heterocycles. The number of amides is 1. The molecule has 0 saturated carbocycles. The lowest BCUT2D eigenvalue weighted by molar-refractivity contribution is 0.0950. The van der Waals surface area contributed by atoms with Crippen LogP contribution in [0, 0.1) is 13.8 Å². The number of rotatable bonds is 5. The van der Waals surface area contributed by atoms with Crippen molar-refractivity contribution in [1.29, 1.82) is 0 Å². The van der Waals surface area contributed by atoms with Gasteiger partial charge in [0, 0.05) is 23.5 Å². The van der Waals surface area contributed by atoms with Crippen LogP contribution in [0.25, 0.3) is 0 Å². The molecule has 0 fully saturated rings. The molecule has 0 atom stereocenters. The quantitative estimate of drug-likeness (QED) is 0.667. The highest BCUT2D eigenvalue weighted by Gasteiger charge is 2.08. The van der Waals surface area contributed by atoms with E-state index in [-0.39, 0.29) is 5.91 Å². The number of nitrogens with one attached hydrogen (secondary N) is 2. The maximum Gasteiger partial charge on any atom is 0.253 e. The van der Waals surface area contributed by atoms with Crippen LogP contribution in [0.2, 0.25) is 5.02 Å². The van der Waals surface area contributed by atoms with E-state index < -0.39 is 0 Å². The Morgan fingerprint density at radius 2 is 1.81 bits per heavy atom. The highest BCUT2D eigenvalue weighted by atomic mass is 35.5. The van der Waals surface area contributed by atoms with Crippen LogP contribution >= 0.6 is 11.6 Å². The Balaban J connectivity index is 1.69. The van der Waals surface area contributed by atoms with Crippen LogP contribution in [0.5, 0.6) is 0 Å². The molecule has 0 aliphatic rings. The summed E-state index contributed by atoms with van der Waals surface area (Å²) in [6, 6.07) is 15.4. The van der Waals surface area contributed by atoms with Crippen LogP contribution in [0.15, 0.2) is 60.9 Å². The van der Waals surface area contributed by atoms with Gasteiger partial charge in [0.1, 0.15) is 0 Å². The molecule has 0 aliphatic carbocycles. The number of hydrogen-bond donors (Lipinski definition) is 2. The molecule has 1 heterocycles. The molecule has 0 radical (unpaired) electrons. The van der Waals surface area contributed by atoms with Gasteiger partial charge in [0.15, 0.2) is 0 Å². The van der Waals surface area contributed by atoms with Crippen LogP contribution in [-0.2, 0) is 6.54 Å². The number of halogens is 1. The molecule has 0 spiro atoms. The SMILES string of the molecule is Cc1ccc(Nc2cncc(C(=O)NCc3ccccc3Cl)c2)cc1C. The van der Waals surface area contributed by atoms with Crippen molar-refractivity contribution < 1.29 is 4.79 Å². The zero-order valence-electron chi connectivity index (χ0n) is 14.7. The van der Waals surface area contributed by atoms with Crippen molar-refractivity contribution in [2.24, 2.45) is 0 Å². The van der Waals surface area contributed by atoms with E-state index in [0.29, 0.717) is 17.1 Å². The summed E-state index contributed by atoms with van der Waals surface area (Å²) >= 11 is 6.12. The molecule has 1 amide bonds. The molecule has 2 N–H and O–H groups in total. The fourth-order valence-corrected chi connectivity index (χ4v) is 2.74. The lowest BCUT2D eigenvalue weighted by Crippen LogP contribution is -2.23. The zero-order chi connectivity index (χ0) is 18.5. The van der Waals surface area contributed by atoms with E-state index in [0.717, 1.165) is 16.9 Å². The van der Waals surface area contributed by atoms with Gasteiger partial charge in [0.05, 0.1) is 17.4 Å². The van der Waals surface area contributed by atoms with Crippen molar-refractivity contribution in [3.8, 4) is 0 Å². The number of pyridine rings is 1. The second kappa shape index (κ2) is 8.02. The second-order valence-corrected chi connectivity index (χ2v) is 6.57. The number of nitrogens with zero attached hydrogens (tertiary/aromatic N) is 1. The Hall–Kier alpha value is -2.85. The molecule has 4 nitrogen and oxygen atoms in total. The minimum absolute atomic E-state index is 0.193. The van der Waals surface area contributed by atoms with Gasteiger partial charge in [0.25, 0.3) is 5.91 Å². The van der Waals surface area contributed by atoms with Crippen molar-refractivity contribution in [3.63, 3.8) is 0 Å². The first-order valence-corrected chi connectivity index (χ1v) is 8.71. The van der Waals surface area contributed by atoms with Gasteiger partial charge in [0.2, 0.25) is 0 Å². The molecular weight excluding hydrogens is 346 g/mol. The van der Waals surface area contributed by atoms with Gasteiger partial charge < -0.3 is 10.6 Å². The Morgan fingerprint density at radius 1 is 1.00 bits per heavy atom. The Morgan fingerprint density at radius 3 is 2.58 bits per heavy atom. The Kier molecular flexibility index (Phi) is 5.54. The highest BCUT2D eigenvalue weighted by Crippen LogP contribution is 2.20. The summed E-state index contributed by atoms with van der Waals surface area (Å²) in [4.78, 5) is 16.6. The topological polar surface area (TPSA) is 54.0 Å². The lowest BCUT2D eigenvalue weighted by Gasteiger charge is -2.10. The number of benzene rings is 2. The van der Waals surface area contributed by atoms with Crippen molar-refractivity contribution >= 4 is 28.9 Å². The molecule has 132 valence electrons. The maximum atomic E-state index is 12.4. The summed E-state index contributed by atoms with van der Waals surface area (Å²) in [7, 11) is 0. The molecule has 5 heteroatoms. The van der Waals surface area contributed by atoms with Gasteiger partial charge in [-0.05, 0) is 54.8 Å². The average Bonchev–Trinajstić information content (AvgIpc) is 2.64. The molecule has 0 bridgehead atoms. The standard InChI is InChI=1S/C21H20ClN3O/c1-14-7-8-18(9-15(14)2)25-19-10-17(11-23-13-19)21(26)24-12-16-5-3-4-6-20(16)22/h3-11,13,25H,12H2,1-2H3,(H,24,26). The Bertz CT molecular complexity index is 940. The normalized spacial score (nSPS) is 10.4. The third kappa shape index (κ3) is 4.41. The van der Waals surface area contributed by atoms with E-state index in [9.17, 15) is 4.79 Å². The monoisotopic (exact) mass is 365 g/mol. The molecular formula is C21H20ClN3O. The number of carbonyl (C=O) groups is 1. The number of aryl methyl sites for hydroxylation is 2. The molecule has 3 rings (SSSR count). The van der Waals surface area contributed by atoms with Gasteiger partial charge in [-0.15, -0.1) is 0 Å². The van der Waals surface area contributed by atoms with E-state index in [1.807, 2.05) is 24.3 Å². The summed E-state index contributed by atoms with van der Waals surface area (Å²) in [5.74, 6) is -0.193. The van der Waals surface area contributed by atoms with E-state index >= 15 is 0 Å². The fraction of sp³-hybridized carbons (Fsp3) is 0.143. The van der Waals surface area contributed by atoms with Crippen LogP contribution < -0.4 is 10.6 Å². The number of carbonyl (C=O) groups excluding carboxylic acids is 1. The summed E-state index contributed by atoms with van der Waals surface area (Å²) in [6.07, 6.45) is 3.24. The van der Waals surface area contributed by atoms with Gasteiger partial charge >= 0.3 is 0 Å². The molecule has 3 aromatic rings.